The van der Waals surface area contributed by atoms with Crippen LogP contribution in [0.5, 0.6) is 0 Å². The topological polar surface area (TPSA) is 32.5 Å². The Labute approximate surface area is 104 Å². The van der Waals surface area contributed by atoms with Crippen molar-refractivity contribution in [3.05, 3.63) is 35.4 Å². The predicted molar refractivity (Wildman–Crippen MR) is 71.6 cm³/mol. The van der Waals surface area contributed by atoms with Crippen LogP contribution in [0.4, 0.5) is 0 Å². The number of piperazine rings is 1. The first-order valence-electron chi connectivity index (χ1n) is 6.46. The molecule has 2 N–H and O–H groups in total. The van der Waals surface area contributed by atoms with Crippen LogP contribution in [0, 0.1) is 0 Å². The lowest BCUT2D eigenvalue weighted by atomic mass is 10.0. The van der Waals surface area contributed by atoms with E-state index in [2.05, 4.69) is 43.0 Å². The molecule has 1 saturated heterocycles. The third kappa shape index (κ3) is 3.53. The van der Waals surface area contributed by atoms with Crippen LogP contribution in [-0.4, -0.2) is 36.1 Å². The van der Waals surface area contributed by atoms with Gasteiger partial charge in [-0.25, -0.2) is 5.01 Å². The molecule has 0 amide bonds. The number of nitrogens with zero attached hydrogens (tertiary/aromatic N) is 2. The fraction of sp³-hybridized carbons (Fsp3) is 0.571. The lowest BCUT2D eigenvalue weighted by Gasteiger charge is -2.31. The molecule has 1 fully saturated rings. The first-order chi connectivity index (χ1) is 8.15. The summed E-state index contributed by atoms with van der Waals surface area (Å²) in [6.45, 7) is 9.61. The Hall–Kier alpha value is -0.900. The second-order valence-corrected chi connectivity index (χ2v) is 5.21. The highest BCUT2D eigenvalue weighted by molar-refractivity contribution is 5.24. The molecule has 1 aromatic rings. The zero-order valence-electron chi connectivity index (χ0n) is 10.9. The molecule has 0 bridgehead atoms. The number of rotatable bonds is 3. The Bertz CT molecular complexity index is 337. The smallest absolute Gasteiger partial charge is 0.0257 e. The fourth-order valence-corrected chi connectivity index (χ4v) is 2.19. The van der Waals surface area contributed by atoms with Gasteiger partial charge < -0.3 is 0 Å². The molecule has 0 atom stereocenters. The van der Waals surface area contributed by atoms with Gasteiger partial charge in [0.1, 0.15) is 0 Å². The van der Waals surface area contributed by atoms with Crippen molar-refractivity contribution in [1.29, 1.82) is 0 Å². The molecule has 3 heteroatoms. The summed E-state index contributed by atoms with van der Waals surface area (Å²) in [4.78, 5) is 2.47. The highest BCUT2D eigenvalue weighted by Gasteiger charge is 2.14. The van der Waals surface area contributed by atoms with Crippen LogP contribution in [-0.2, 0) is 6.54 Å². The summed E-state index contributed by atoms with van der Waals surface area (Å²) in [7, 11) is 0. The summed E-state index contributed by atoms with van der Waals surface area (Å²) in [5, 5.41) is 1.90. The molecule has 0 radical (unpaired) electrons. The van der Waals surface area contributed by atoms with Gasteiger partial charge in [-0.15, -0.1) is 0 Å². The van der Waals surface area contributed by atoms with Crippen molar-refractivity contribution in [1.82, 2.24) is 9.91 Å². The molecular weight excluding hydrogens is 210 g/mol. The number of nitrogens with two attached hydrogens (primary N) is 1. The average Bonchev–Trinajstić information content (AvgIpc) is 2.33. The van der Waals surface area contributed by atoms with E-state index in [-0.39, 0.29) is 0 Å². The summed E-state index contributed by atoms with van der Waals surface area (Å²) in [5.74, 6) is 6.37. The maximum absolute atomic E-state index is 5.75. The van der Waals surface area contributed by atoms with E-state index in [1.807, 2.05) is 5.01 Å². The van der Waals surface area contributed by atoms with Crippen LogP contribution in [0.25, 0.3) is 0 Å². The molecular formula is C14H23N3. The molecule has 0 saturated carbocycles. The minimum atomic E-state index is 0.616. The summed E-state index contributed by atoms with van der Waals surface area (Å²) >= 11 is 0. The monoisotopic (exact) mass is 233 g/mol. The van der Waals surface area contributed by atoms with Crippen molar-refractivity contribution in [2.75, 3.05) is 26.2 Å². The Morgan fingerprint density at radius 3 is 2.18 bits per heavy atom. The quantitative estimate of drug-likeness (QED) is 0.808. The van der Waals surface area contributed by atoms with E-state index in [4.69, 9.17) is 5.84 Å². The number of hydrogen-bond donors (Lipinski definition) is 1. The van der Waals surface area contributed by atoms with E-state index < -0.39 is 0 Å². The number of hydrogen-bond acceptors (Lipinski definition) is 3. The van der Waals surface area contributed by atoms with Crippen molar-refractivity contribution in [3.8, 4) is 0 Å². The SMILES string of the molecule is CC(C)c1ccc(CN2CCN(N)CC2)cc1. The van der Waals surface area contributed by atoms with E-state index in [1.165, 1.54) is 11.1 Å². The van der Waals surface area contributed by atoms with Crippen LogP contribution in [0.2, 0.25) is 0 Å². The summed E-state index contributed by atoms with van der Waals surface area (Å²) in [5.41, 5.74) is 2.82. The summed E-state index contributed by atoms with van der Waals surface area (Å²) in [6, 6.07) is 9.01. The van der Waals surface area contributed by atoms with Crippen LogP contribution >= 0.6 is 0 Å². The van der Waals surface area contributed by atoms with Crippen molar-refractivity contribution >= 4 is 0 Å². The minimum absolute atomic E-state index is 0.616. The molecule has 1 heterocycles. The van der Waals surface area contributed by atoms with Gasteiger partial charge >= 0.3 is 0 Å². The minimum Gasteiger partial charge on any atom is -0.296 e. The second kappa shape index (κ2) is 5.63. The lowest BCUT2D eigenvalue weighted by Crippen LogP contribution is -2.48. The predicted octanol–water partition coefficient (Wildman–Crippen LogP) is 1.80. The van der Waals surface area contributed by atoms with E-state index >= 15 is 0 Å². The Morgan fingerprint density at radius 2 is 1.65 bits per heavy atom. The highest BCUT2D eigenvalue weighted by Crippen LogP contribution is 2.15. The van der Waals surface area contributed by atoms with Crippen LogP contribution in [0.1, 0.15) is 30.9 Å². The Balaban J connectivity index is 1.90. The summed E-state index contributed by atoms with van der Waals surface area (Å²) < 4.78 is 0. The molecule has 1 aliphatic rings. The Kier molecular flexibility index (Phi) is 4.15. The third-order valence-corrected chi connectivity index (χ3v) is 3.46. The Morgan fingerprint density at radius 1 is 1.06 bits per heavy atom. The molecule has 0 unspecified atom stereocenters. The average molecular weight is 233 g/mol. The van der Waals surface area contributed by atoms with Gasteiger partial charge in [0.2, 0.25) is 0 Å². The van der Waals surface area contributed by atoms with Crippen molar-refractivity contribution in [3.63, 3.8) is 0 Å². The summed E-state index contributed by atoms with van der Waals surface area (Å²) in [6.07, 6.45) is 0. The van der Waals surface area contributed by atoms with Gasteiger partial charge in [-0.05, 0) is 17.0 Å². The molecule has 0 aliphatic carbocycles. The zero-order valence-corrected chi connectivity index (χ0v) is 10.9. The number of hydrazine groups is 1. The largest absolute Gasteiger partial charge is 0.296 e. The first-order valence-corrected chi connectivity index (χ1v) is 6.46. The van der Waals surface area contributed by atoms with Gasteiger partial charge in [0, 0.05) is 32.7 Å². The molecule has 94 valence electrons. The number of benzene rings is 1. The lowest BCUT2D eigenvalue weighted by molar-refractivity contribution is 0.128. The fourth-order valence-electron chi connectivity index (χ4n) is 2.19. The van der Waals surface area contributed by atoms with E-state index in [1.54, 1.807) is 0 Å². The van der Waals surface area contributed by atoms with E-state index in [0.29, 0.717) is 5.92 Å². The van der Waals surface area contributed by atoms with Crippen molar-refractivity contribution < 1.29 is 0 Å². The van der Waals surface area contributed by atoms with Gasteiger partial charge in [-0.3, -0.25) is 10.7 Å². The maximum Gasteiger partial charge on any atom is 0.0257 e. The zero-order chi connectivity index (χ0) is 12.3. The van der Waals surface area contributed by atoms with Gasteiger partial charge in [-0.1, -0.05) is 38.1 Å². The molecule has 3 nitrogen and oxygen atoms in total. The maximum atomic E-state index is 5.75. The van der Waals surface area contributed by atoms with Crippen LogP contribution in [0.15, 0.2) is 24.3 Å². The first kappa shape index (κ1) is 12.6. The van der Waals surface area contributed by atoms with Gasteiger partial charge in [0.05, 0.1) is 0 Å². The van der Waals surface area contributed by atoms with E-state index in [0.717, 1.165) is 32.7 Å². The van der Waals surface area contributed by atoms with Gasteiger partial charge in [-0.2, -0.15) is 0 Å². The van der Waals surface area contributed by atoms with Crippen LogP contribution in [0.3, 0.4) is 0 Å². The molecule has 0 aromatic heterocycles. The highest BCUT2D eigenvalue weighted by atomic mass is 15.4. The standard InChI is InChI=1S/C14H23N3/c1-12(2)14-5-3-13(4-6-14)11-16-7-9-17(15)10-8-16/h3-6,12H,7-11,15H2,1-2H3. The second-order valence-electron chi connectivity index (χ2n) is 5.21. The molecule has 2 rings (SSSR count). The molecule has 17 heavy (non-hydrogen) atoms. The third-order valence-electron chi connectivity index (χ3n) is 3.46. The van der Waals surface area contributed by atoms with Crippen LogP contribution < -0.4 is 5.84 Å². The van der Waals surface area contributed by atoms with Gasteiger partial charge in [0.25, 0.3) is 0 Å². The van der Waals surface area contributed by atoms with Crippen molar-refractivity contribution in [2.24, 2.45) is 5.84 Å². The molecule has 0 spiro atoms. The van der Waals surface area contributed by atoms with Gasteiger partial charge in [0.15, 0.2) is 0 Å². The van der Waals surface area contributed by atoms with E-state index in [9.17, 15) is 0 Å². The molecule has 1 aliphatic heterocycles. The normalized spacial score (nSPS) is 18.8. The molecule has 1 aromatic carbocycles. The van der Waals surface area contributed by atoms with Crippen molar-refractivity contribution in [2.45, 2.75) is 26.3 Å².